The number of nitrogens with zero attached hydrogens (tertiary/aromatic N) is 6. The number of anilines is 1. The van der Waals surface area contributed by atoms with Crippen LogP contribution >= 0.6 is 0 Å². The van der Waals surface area contributed by atoms with Crippen molar-refractivity contribution in [3.05, 3.63) is 77.9 Å². The lowest BCUT2D eigenvalue weighted by Crippen LogP contribution is -2.27. The second kappa shape index (κ2) is 10.6. The van der Waals surface area contributed by atoms with Crippen molar-refractivity contribution in [3.63, 3.8) is 0 Å². The van der Waals surface area contributed by atoms with Crippen LogP contribution in [0.2, 0.25) is 0 Å². The highest BCUT2D eigenvalue weighted by Gasteiger charge is 2.23. The summed E-state index contributed by atoms with van der Waals surface area (Å²) in [5.41, 5.74) is 1.74. The highest BCUT2D eigenvalue weighted by Crippen LogP contribution is 2.28. The van der Waals surface area contributed by atoms with Gasteiger partial charge < -0.3 is 9.47 Å². The van der Waals surface area contributed by atoms with Crippen LogP contribution in [0.1, 0.15) is 36.3 Å². The Balaban J connectivity index is 1.53. The highest BCUT2D eigenvalue weighted by atomic mass is 19.3. The van der Waals surface area contributed by atoms with E-state index in [0.29, 0.717) is 18.1 Å². The van der Waals surface area contributed by atoms with Crippen molar-refractivity contribution >= 4 is 28.5 Å². The predicted octanol–water partition coefficient (Wildman–Crippen LogP) is 5.42. The van der Waals surface area contributed by atoms with E-state index < -0.39 is 23.8 Å². The number of rotatable bonds is 9. The van der Waals surface area contributed by atoms with Crippen LogP contribution in [-0.2, 0) is 6.54 Å². The molecule has 0 saturated heterocycles. The first-order valence-corrected chi connectivity index (χ1v) is 12.3. The van der Waals surface area contributed by atoms with E-state index in [-0.39, 0.29) is 16.9 Å². The van der Waals surface area contributed by atoms with E-state index >= 15 is 0 Å². The molecule has 5 rings (SSSR count). The van der Waals surface area contributed by atoms with Crippen LogP contribution in [-0.4, -0.2) is 54.6 Å². The van der Waals surface area contributed by atoms with E-state index in [4.69, 9.17) is 0 Å². The molecule has 0 aliphatic rings. The minimum atomic E-state index is -2.88. The summed E-state index contributed by atoms with van der Waals surface area (Å²) in [4.78, 5) is 24.7. The molecule has 38 heavy (non-hydrogen) atoms. The van der Waals surface area contributed by atoms with Crippen LogP contribution in [0.15, 0.2) is 60.8 Å². The summed E-state index contributed by atoms with van der Waals surface area (Å²) in [5, 5.41) is 6.85. The third kappa shape index (κ3) is 4.84. The molecule has 8 nitrogen and oxygen atoms in total. The average molecular weight is 522 g/mol. The van der Waals surface area contributed by atoms with Gasteiger partial charge >= 0.3 is 0 Å². The number of fused-ring (bicyclic) bond motifs is 2. The number of hydrogen-bond acceptors (Lipinski definition) is 5. The van der Waals surface area contributed by atoms with Gasteiger partial charge in [0.05, 0.1) is 22.9 Å². The van der Waals surface area contributed by atoms with Crippen molar-refractivity contribution in [2.24, 2.45) is 0 Å². The van der Waals surface area contributed by atoms with Gasteiger partial charge in [-0.3, -0.25) is 10.1 Å². The number of halogens is 3. The monoisotopic (exact) mass is 521 g/mol. The zero-order valence-electron chi connectivity index (χ0n) is 20.9. The van der Waals surface area contributed by atoms with Gasteiger partial charge in [0, 0.05) is 18.7 Å². The fourth-order valence-electron chi connectivity index (χ4n) is 4.42. The molecule has 0 spiro atoms. The van der Waals surface area contributed by atoms with Gasteiger partial charge in [0.15, 0.2) is 5.65 Å². The van der Waals surface area contributed by atoms with Gasteiger partial charge in [-0.05, 0) is 55.6 Å². The van der Waals surface area contributed by atoms with Crippen molar-refractivity contribution in [3.8, 4) is 11.3 Å². The molecule has 0 fully saturated rings. The summed E-state index contributed by atoms with van der Waals surface area (Å²) in [6.45, 7) is 7.31. The molecule has 3 aromatic heterocycles. The van der Waals surface area contributed by atoms with Gasteiger partial charge in [-0.1, -0.05) is 26.0 Å². The number of nitrogens with one attached hydrogen (secondary N) is 1. The molecule has 0 radical (unpaired) electrons. The summed E-state index contributed by atoms with van der Waals surface area (Å²) in [6.07, 6.45) is -1.67. The van der Waals surface area contributed by atoms with Crippen molar-refractivity contribution in [2.45, 2.75) is 26.8 Å². The second-order valence-electron chi connectivity index (χ2n) is 8.72. The quantitative estimate of drug-likeness (QED) is 0.280. The van der Waals surface area contributed by atoms with Crippen molar-refractivity contribution in [2.75, 3.05) is 25.0 Å². The number of hydrogen-bond donors (Lipinski definition) is 1. The first-order valence-electron chi connectivity index (χ1n) is 12.3. The van der Waals surface area contributed by atoms with Crippen LogP contribution in [0.25, 0.3) is 27.9 Å². The molecule has 0 bridgehead atoms. The molecule has 2 aromatic carbocycles. The summed E-state index contributed by atoms with van der Waals surface area (Å²) in [6, 6.07) is 14.1. The van der Waals surface area contributed by atoms with Gasteiger partial charge in [0.1, 0.15) is 17.1 Å². The Bertz CT molecular complexity index is 1590. The standard InChI is InChI=1S/C27H26F3N7O/c1-3-35(4-2)13-14-36-22-8-6-5-7-20(22)33-27(36)34-26(38)19-16-31-37-23(24(29)30)15-21(32-25(19)37)17-9-11-18(28)12-10-17/h5-12,15-16,24H,3-4,13-14H2,1-2H3,(H,33,34,38). The van der Waals surface area contributed by atoms with E-state index in [1.54, 1.807) is 0 Å². The number of carbonyl (C=O) groups excluding carboxylic acids is 1. The summed E-state index contributed by atoms with van der Waals surface area (Å²) >= 11 is 0. The average Bonchev–Trinajstić information content (AvgIpc) is 3.50. The molecule has 0 unspecified atom stereocenters. The maximum absolute atomic E-state index is 13.9. The molecular formula is C27H26F3N7O. The maximum atomic E-state index is 13.9. The highest BCUT2D eigenvalue weighted by molar-refractivity contribution is 6.08. The number of amides is 1. The van der Waals surface area contributed by atoms with E-state index in [1.807, 2.05) is 28.8 Å². The number of likely N-dealkylation sites (N-methyl/N-ethyl adjacent to an activating group) is 1. The van der Waals surface area contributed by atoms with Crippen LogP contribution in [0, 0.1) is 5.82 Å². The maximum Gasteiger partial charge on any atom is 0.280 e. The van der Waals surface area contributed by atoms with Crippen LogP contribution in [0.4, 0.5) is 19.1 Å². The number of imidazole rings is 1. The Morgan fingerprint density at radius 1 is 1.05 bits per heavy atom. The van der Waals surface area contributed by atoms with E-state index in [9.17, 15) is 18.0 Å². The van der Waals surface area contributed by atoms with E-state index in [1.165, 1.54) is 36.5 Å². The minimum Gasteiger partial charge on any atom is -0.309 e. The van der Waals surface area contributed by atoms with Crippen molar-refractivity contribution < 1.29 is 18.0 Å². The lowest BCUT2D eigenvalue weighted by Gasteiger charge is -2.19. The zero-order valence-corrected chi connectivity index (χ0v) is 20.9. The molecule has 0 aliphatic heterocycles. The van der Waals surface area contributed by atoms with Crippen LogP contribution < -0.4 is 5.32 Å². The summed E-state index contributed by atoms with van der Waals surface area (Å²) < 4.78 is 44.2. The normalized spacial score (nSPS) is 11.8. The van der Waals surface area contributed by atoms with Gasteiger partial charge in [0.25, 0.3) is 12.3 Å². The van der Waals surface area contributed by atoms with Crippen molar-refractivity contribution in [1.82, 2.24) is 29.0 Å². The molecule has 5 aromatic rings. The summed E-state index contributed by atoms with van der Waals surface area (Å²) in [7, 11) is 0. The Morgan fingerprint density at radius 3 is 2.50 bits per heavy atom. The van der Waals surface area contributed by atoms with Gasteiger partial charge in [-0.25, -0.2) is 27.7 Å². The molecule has 11 heteroatoms. The van der Waals surface area contributed by atoms with Crippen LogP contribution in [0.5, 0.6) is 0 Å². The number of carbonyl (C=O) groups is 1. The van der Waals surface area contributed by atoms with Gasteiger partial charge in [0.2, 0.25) is 5.95 Å². The third-order valence-electron chi connectivity index (χ3n) is 6.52. The first-order chi connectivity index (χ1) is 18.4. The minimum absolute atomic E-state index is 0.0122. The number of aromatic nitrogens is 5. The van der Waals surface area contributed by atoms with Gasteiger partial charge in [-0.15, -0.1) is 0 Å². The Hall–Kier alpha value is -4.25. The largest absolute Gasteiger partial charge is 0.309 e. The second-order valence-corrected chi connectivity index (χ2v) is 8.72. The van der Waals surface area contributed by atoms with E-state index in [0.717, 1.165) is 35.2 Å². The molecule has 1 amide bonds. The Morgan fingerprint density at radius 2 is 1.79 bits per heavy atom. The number of para-hydroxylation sites is 2. The molecule has 3 heterocycles. The van der Waals surface area contributed by atoms with Crippen molar-refractivity contribution in [1.29, 1.82) is 0 Å². The van der Waals surface area contributed by atoms with E-state index in [2.05, 4.69) is 39.1 Å². The van der Waals surface area contributed by atoms with Crippen LogP contribution in [0.3, 0.4) is 0 Å². The van der Waals surface area contributed by atoms with Gasteiger partial charge in [-0.2, -0.15) is 5.10 Å². The lowest BCUT2D eigenvalue weighted by atomic mass is 10.1. The molecular weight excluding hydrogens is 495 g/mol. The Kier molecular flexibility index (Phi) is 7.10. The predicted molar refractivity (Wildman–Crippen MR) is 139 cm³/mol. The third-order valence-corrected chi connectivity index (χ3v) is 6.52. The lowest BCUT2D eigenvalue weighted by molar-refractivity contribution is 0.102. The number of alkyl halides is 2. The molecule has 0 aliphatic carbocycles. The first kappa shape index (κ1) is 25.4. The fourth-order valence-corrected chi connectivity index (χ4v) is 4.42. The molecule has 0 saturated carbocycles. The Labute approximate surface area is 216 Å². The summed E-state index contributed by atoms with van der Waals surface area (Å²) in [5.74, 6) is -0.702. The molecule has 196 valence electrons. The molecule has 1 N–H and O–H groups in total. The topological polar surface area (TPSA) is 80.3 Å². The fraction of sp³-hybridized carbons (Fsp3) is 0.259. The SMILES string of the molecule is CCN(CC)CCn1c(NC(=O)c2cnn3c(C(F)F)cc(-c4ccc(F)cc4)nc23)nc2ccccc21. The zero-order chi connectivity index (χ0) is 26.8. The smallest absolute Gasteiger partial charge is 0.280 e. The molecule has 0 atom stereocenters. The number of benzene rings is 2.